The number of benzene rings is 1. The van der Waals surface area contributed by atoms with Crippen molar-refractivity contribution in [2.45, 2.75) is 25.7 Å². The van der Waals surface area contributed by atoms with E-state index in [9.17, 15) is 18.0 Å². The fourth-order valence-corrected chi connectivity index (χ4v) is 5.60. The second kappa shape index (κ2) is 8.83. The second-order valence-electron chi connectivity index (χ2n) is 8.89. The summed E-state index contributed by atoms with van der Waals surface area (Å²) in [5, 5.41) is 0.802. The van der Waals surface area contributed by atoms with Crippen molar-refractivity contribution < 1.29 is 18.0 Å². The summed E-state index contributed by atoms with van der Waals surface area (Å²) in [7, 11) is 0. The van der Waals surface area contributed by atoms with Crippen LogP contribution in [0.4, 0.5) is 18.2 Å². The number of hydrogen-bond donors (Lipinski definition) is 1. The van der Waals surface area contributed by atoms with Gasteiger partial charge in [-0.25, -0.2) is 19.9 Å². The maximum absolute atomic E-state index is 13.5. The first kappa shape index (κ1) is 23.4. The number of pyridine rings is 1. The SMILES string of the molecule is C[C@@H]1CN(c2scnc2-c2nc3c(C(F)(F)F)cccc3[nH]2)CCN1C(=O)Cn1cnc2cccnc21. The molecule has 1 atom stereocenters. The minimum Gasteiger partial charge on any atom is -0.358 e. The molecule has 37 heavy (non-hydrogen) atoms. The quantitative estimate of drug-likeness (QED) is 0.377. The van der Waals surface area contributed by atoms with Gasteiger partial charge in [0, 0.05) is 31.9 Å². The summed E-state index contributed by atoms with van der Waals surface area (Å²) in [5.41, 5.74) is 2.93. The maximum Gasteiger partial charge on any atom is 0.418 e. The Morgan fingerprint density at radius 1 is 1.16 bits per heavy atom. The van der Waals surface area contributed by atoms with Crippen LogP contribution in [0.3, 0.4) is 0 Å². The molecule has 5 heterocycles. The van der Waals surface area contributed by atoms with Crippen LogP contribution in [0.2, 0.25) is 0 Å². The van der Waals surface area contributed by atoms with Crippen molar-refractivity contribution in [1.29, 1.82) is 0 Å². The molecule has 0 spiro atoms. The Kier molecular flexibility index (Phi) is 5.59. The van der Waals surface area contributed by atoms with Gasteiger partial charge in [0.05, 0.1) is 22.9 Å². The Morgan fingerprint density at radius 2 is 2.03 bits per heavy atom. The summed E-state index contributed by atoms with van der Waals surface area (Å²) in [6, 6.07) is 7.51. The van der Waals surface area contributed by atoms with Gasteiger partial charge in [0.25, 0.3) is 0 Å². The highest BCUT2D eigenvalue weighted by Gasteiger charge is 2.34. The van der Waals surface area contributed by atoms with Crippen molar-refractivity contribution >= 4 is 44.4 Å². The first-order chi connectivity index (χ1) is 17.8. The molecule has 13 heteroatoms. The lowest BCUT2D eigenvalue weighted by Gasteiger charge is -2.40. The summed E-state index contributed by atoms with van der Waals surface area (Å²) in [6.45, 7) is 3.73. The number of nitrogens with one attached hydrogen (secondary N) is 1. The Labute approximate surface area is 212 Å². The van der Waals surface area contributed by atoms with Crippen LogP contribution in [0, 0.1) is 0 Å². The average Bonchev–Trinajstić information content (AvgIpc) is 3.61. The number of carbonyl (C=O) groups is 1. The number of fused-ring (bicyclic) bond motifs is 2. The van der Waals surface area contributed by atoms with E-state index in [2.05, 4.69) is 29.8 Å². The van der Waals surface area contributed by atoms with Crippen molar-refractivity contribution in [1.82, 2.24) is 34.4 Å². The lowest BCUT2D eigenvalue weighted by atomic mass is 10.2. The molecule has 9 nitrogen and oxygen atoms in total. The monoisotopic (exact) mass is 526 g/mol. The molecule has 0 saturated carbocycles. The van der Waals surface area contributed by atoms with Crippen LogP contribution in [-0.4, -0.2) is 66.0 Å². The van der Waals surface area contributed by atoms with Gasteiger partial charge in [0.15, 0.2) is 11.5 Å². The number of nitrogens with zero attached hydrogens (tertiary/aromatic N) is 7. The first-order valence-corrected chi connectivity index (χ1v) is 12.5. The van der Waals surface area contributed by atoms with Crippen molar-refractivity contribution in [2.24, 2.45) is 0 Å². The normalized spacial score (nSPS) is 16.7. The number of thiazole rings is 1. The van der Waals surface area contributed by atoms with E-state index in [-0.39, 0.29) is 29.8 Å². The maximum atomic E-state index is 13.5. The number of rotatable bonds is 4. The number of aromatic amines is 1. The van der Waals surface area contributed by atoms with Crippen LogP contribution in [-0.2, 0) is 17.5 Å². The molecule has 6 rings (SSSR count). The Balaban J connectivity index is 1.21. The van der Waals surface area contributed by atoms with Crippen LogP contribution in [0.15, 0.2) is 48.4 Å². The van der Waals surface area contributed by atoms with E-state index in [1.165, 1.54) is 17.4 Å². The van der Waals surface area contributed by atoms with Gasteiger partial charge in [-0.3, -0.25) is 4.79 Å². The van der Waals surface area contributed by atoms with E-state index in [1.54, 1.807) is 34.7 Å². The largest absolute Gasteiger partial charge is 0.418 e. The van der Waals surface area contributed by atoms with Crippen molar-refractivity contribution in [3.05, 3.63) is 53.9 Å². The van der Waals surface area contributed by atoms with E-state index >= 15 is 0 Å². The molecule has 1 aliphatic rings. The predicted octanol–water partition coefficient (Wildman–Crippen LogP) is 4.19. The summed E-state index contributed by atoms with van der Waals surface area (Å²) in [6.07, 6.45) is -1.21. The second-order valence-corrected chi connectivity index (χ2v) is 9.73. The van der Waals surface area contributed by atoms with Gasteiger partial charge in [-0.15, -0.1) is 11.3 Å². The molecule has 1 aromatic carbocycles. The average molecular weight is 527 g/mol. The molecule has 1 fully saturated rings. The number of H-pyrrole nitrogens is 1. The summed E-state index contributed by atoms with van der Waals surface area (Å²) in [5.74, 6) is 0.257. The molecule has 4 aromatic heterocycles. The number of halogens is 3. The zero-order chi connectivity index (χ0) is 25.7. The van der Waals surface area contributed by atoms with Crippen LogP contribution in [0.25, 0.3) is 33.7 Å². The number of amides is 1. The van der Waals surface area contributed by atoms with Crippen LogP contribution < -0.4 is 4.90 Å². The van der Waals surface area contributed by atoms with Gasteiger partial charge < -0.3 is 19.4 Å². The molecular formula is C24H21F3N8OS. The third-order valence-electron chi connectivity index (χ3n) is 6.51. The molecule has 0 bridgehead atoms. The zero-order valence-electron chi connectivity index (χ0n) is 19.6. The Morgan fingerprint density at radius 3 is 2.84 bits per heavy atom. The standard InChI is InChI=1S/C24H21F3N8OS/c1-14-10-33(8-9-35(14)18(36)11-34-12-29-17-6-3-7-28-22(17)34)23-20(30-13-37-23)21-31-16-5-2-4-15(19(16)32-21)24(25,26)27/h2-7,12-14H,8-11H2,1H3,(H,31,32)/t14-/m1/s1. The number of aromatic nitrogens is 6. The minimum absolute atomic E-state index is 0.0291. The fourth-order valence-electron chi connectivity index (χ4n) is 4.76. The van der Waals surface area contributed by atoms with Gasteiger partial charge in [-0.2, -0.15) is 13.2 Å². The molecular weight excluding hydrogens is 505 g/mol. The number of alkyl halides is 3. The van der Waals surface area contributed by atoms with Crippen LogP contribution in [0.1, 0.15) is 12.5 Å². The van der Waals surface area contributed by atoms with E-state index in [0.29, 0.717) is 36.5 Å². The molecule has 0 radical (unpaired) electrons. The first-order valence-electron chi connectivity index (χ1n) is 11.6. The smallest absolute Gasteiger partial charge is 0.358 e. The number of para-hydroxylation sites is 1. The molecule has 0 aliphatic carbocycles. The number of anilines is 1. The molecule has 190 valence electrons. The third kappa shape index (κ3) is 4.18. The number of imidazole rings is 2. The van der Waals surface area contributed by atoms with Gasteiger partial charge in [-0.05, 0) is 31.2 Å². The summed E-state index contributed by atoms with van der Waals surface area (Å²) >= 11 is 1.40. The van der Waals surface area contributed by atoms with Gasteiger partial charge in [0.2, 0.25) is 5.91 Å². The third-order valence-corrected chi connectivity index (χ3v) is 7.39. The molecule has 1 aliphatic heterocycles. The highest BCUT2D eigenvalue weighted by atomic mass is 32.1. The van der Waals surface area contributed by atoms with E-state index in [4.69, 9.17) is 0 Å². The number of carbonyl (C=O) groups excluding carboxylic acids is 1. The van der Waals surface area contributed by atoms with Crippen LogP contribution in [0.5, 0.6) is 0 Å². The zero-order valence-corrected chi connectivity index (χ0v) is 20.4. The lowest BCUT2D eigenvalue weighted by Crippen LogP contribution is -2.54. The molecule has 0 unspecified atom stereocenters. The summed E-state index contributed by atoms with van der Waals surface area (Å²) < 4.78 is 42.1. The molecule has 5 aromatic rings. The Hall–Kier alpha value is -4.00. The van der Waals surface area contributed by atoms with E-state index < -0.39 is 11.7 Å². The highest BCUT2D eigenvalue weighted by Crippen LogP contribution is 2.38. The van der Waals surface area contributed by atoms with Crippen molar-refractivity contribution in [3.8, 4) is 11.5 Å². The van der Waals surface area contributed by atoms with E-state index in [0.717, 1.165) is 16.6 Å². The molecule has 1 saturated heterocycles. The summed E-state index contributed by atoms with van der Waals surface area (Å²) in [4.78, 5) is 37.4. The topological polar surface area (TPSA) is 95.8 Å². The Bertz CT molecular complexity index is 1610. The van der Waals surface area contributed by atoms with Crippen molar-refractivity contribution in [2.75, 3.05) is 24.5 Å². The molecule has 1 amide bonds. The minimum atomic E-state index is -4.51. The predicted molar refractivity (Wildman–Crippen MR) is 133 cm³/mol. The highest BCUT2D eigenvalue weighted by molar-refractivity contribution is 7.14. The number of hydrogen-bond acceptors (Lipinski definition) is 7. The van der Waals surface area contributed by atoms with E-state index in [1.807, 2.05) is 17.9 Å². The number of piperazine rings is 1. The lowest BCUT2D eigenvalue weighted by molar-refractivity contribution is -0.136. The van der Waals surface area contributed by atoms with Gasteiger partial charge in [-0.1, -0.05) is 6.07 Å². The fraction of sp³-hybridized carbons (Fsp3) is 0.292. The van der Waals surface area contributed by atoms with Gasteiger partial charge in [0.1, 0.15) is 28.3 Å². The molecule has 1 N–H and O–H groups in total. The van der Waals surface area contributed by atoms with Gasteiger partial charge >= 0.3 is 6.18 Å². The van der Waals surface area contributed by atoms with Crippen molar-refractivity contribution in [3.63, 3.8) is 0 Å². The van der Waals surface area contributed by atoms with Crippen LogP contribution >= 0.6 is 11.3 Å².